The summed E-state index contributed by atoms with van der Waals surface area (Å²) in [5, 5.41) is 2.61. The molecule has 1 fully saturated rings. The minimum atomic E-state index is -4.02. The van der Waals surface area contributed by atoms with Crippen LogP contribution in [0.25, 0.3) is 0 Å². The van der Waals surface area contributed by atoms with Crippen molar-refractivity contribution in [2.75, 3.05) is 13.1 Å². The third-order valence-corrected chi connectivity index (χ3v) is 6.31. The van der Waals surface area contributed by atoms with Crippen molar-refractivity contribution < 1.29 is 27.2 Å². The Hall–Kier alpha value is -2.33. The maximum atomic E-state index is 13.4. The lowest BCUT2D eigenvalue weighted by Crippen LogP contribution is -2.44. The zero-order valence-electron chi connectivity index (χ0n) is 15.6. The van der Waals surface area contributed by atoms with Crippen LogP contribution in [-0.2, 0) is 24.4 Å². The number of nitrogens with two attached hydrogens (primary N) is 1. The van der Waals surface area contributed by atoms with E-state index < -0.39 is 46.0 Å². The van der Waals surface area contributed by atoms with Gasteiger partial charge in [0.05, 0.1) is 17.5 Å². The first-order valence-electron chi connectivity index (χ1n) is 8.95. The van der Waals surface area contributed by atoms with Crippen molar-refractivity contribution in [3.05, 3.63) is 30.1 Å². The maximum absolute atomic E-state index is 13.4. The number of carbonyl (C=O) groups excluding carboxylic acids is 3. The first kappa shape index (κ1) is 22.0. The molecule has 1 heterocycles. The number of nitrogens with one attached hydrogen (secondary N) is 1. The molecule has 1 aromatic carbocycles. The van der Waals surface area contributed by atoms with Crippen molar-refractivity contribution in [3.8, 4) is 0 Å². The summed E-state index contributed by atoms with van der Waals surface area (Å²) in [6, 6.07) is 3.80. The van der Waals surface area contributed by atoms with Crippen LogP contribution in [0.1, 0.15) is 32.6 Å². The molecule has 3 N–H and O–H groups in total. The van der Waals surface area contributed by atoms with E-state index in [4.69, 9.17) is 5.73 Å². The van der Waals surface area contributed by atoms with Gasteiger partial charge in [0.2, 0.25) is 21.8 Å². The lowest BCUT2D eigenvalue weighted by Gasteiger charge is -2.20. The predicted molar refractivity (Wildman–Crippen MR) is 98.9 cm³/mol. The highest BCUT2D eigenvalue weighted by atomic mass is 32.2. The molecule has 1 aliphatic rings. The summed E-state index contributed by atoms with van der Waals surface area (Å²) in [7, 11) is -4.02. The van der Waals surface area contributed by atoms with Crippen molar-refractivity contribution in [2.24, 2.45) is 11.7 Å². The van der Waals surface area contributed by atoms with Crippen LogP contribution in [0, 0.1) is 11.7 Å². The number of halogens is 1. The minimum absolute atomic E-state index is 0.0397. The van der Waals surface area contributed by atoms with Crippen molar-refractivity contribution in [2.45, 2.75) is 43.5 Å². The van der Waals surface area contributed by atoms with Gasteiger partial charge in [0, 0.05) is 19.4 Å². The van der Waals surface area contributed by atoms with Crippen molar-refractivity contribution in [1.29, 1.82) is 0 Å². The van der Waals surface area contributed by atoms with Gasteiger partial charge in [-0.1, -0.05) is 13.0 Å². The van der Waals surface area contributed by atoms with Crippen LogP contribution in [0.15, 0.2) is 29.2 Å². The highest BCUT2D eigenvalue weighted by Gasteiger charge is 2.33. The number of carbonyl (C=O) groups is 3. The van der Waals surface area contributed by atoms with E-state index in [1.54, 1.807) is 6.92 Å². The van der Waals surface area contributed by atoms with Gasteiger partial charge < -0.3 is 11.1 Å². The molecule has 28 heavy (non-hydrogen) atoms. The van der Waals surface area contributed by atoms with E-state index in [2.05, 4.69) is 5.32 Å². The average Bonchev–Trinajstić information content (AvgIpc) is 2.76. The Morgan fingerprint density at radius 1 is 1.36 bits per heavy atom. The number of rotatable bonds is 7. The lowest BCUT2D eigenvalue weighted by atomic mass is 10.0. The molecule has 0 radical (unpaired) electrons. The Kier molecular flexibility index (Phi) is 7.25. The first-order valence-corrected chi connectivity index (χ1v) is 10.4. The molecule has 0 saturated carbocycles. The van der Waals surface area contributed by atoms with Gasteiger partial charge in [-0.3, -0.25) is 14.4 Å². The summed E-state index contributed by atoms with van der Waals surface area (Å²) < 4.78 is 39.8. The van der Waals surface area contributed by atoms with Gasteiger partial charge in [0.1, 0.15) is 5.82 Å². The summed E-state index contributed by atoms with van der Waals surface area (Å²) in [6.45, 7) is 1.39. The number of sulfonamides is 1. The van der Waals surface area contributed by atoms with Gasteiger partial charge in [-0.2, -0.15) is 4.31 Å². The molecule has 154 valence electrons. The highest BCUT2D eigenvalue weighted by molar-refractivity contribution is 7.89. The van der Waals surface area contributed by atoms with Crippen LogP contribution in [0.3, 0.4) is 0 Å². The number of primary amides is 1. The zero-order valence-corrected chi connectivity index (χ0v) is 16.4. The van der Waals surface area contributed by atoms with E-state index in [1.165, 1.54) is 12.1 Å². The number of hydrogen-bond acceptors (Lipinski definition) is 5. The van der Waals surface area contributed by atoms with Crippen molar-refractivity contribution in [1.82, 2.24) is 9.62 Å². The molecule has 0 bridgehead atoms. The molecule has 2 atom stereocenters. The van der Waals surface area contributed by atoms with E-state index in [-0.39, 0.29) is 30.2 Å². The van der Waals surface area contributed by atoms with Gasteiger partial charge in [0.15, 0.2) is 5.78 Å². The molecule has 8 nitrogen and oxygen atoms in total. The monoisotopic (exact) mass is 413 g/mol. The number of ketones is 1. The number of Topliss-reactive ketones (excluding diaryl/α,β-unsaturated/α-hetero) is 1. The van der Waals surface area contributed by atoms with Gasteiger partial charge in [0.25, 0.3) is 0 Å². The molecule has 1 saturated heterocycles. The topological polar surface area (TPSA) is 127 Å². The molecule has 0 aromatic heterocycles. The summed E-state index contributed by atoms with van der Waals surface area (Å²) >= 11 is 0. The Morgan fingerprint density at radius 3 is 2.71 bits per heavy atom. The van der Waals surface area contributed by atoms with Crippen molar-refractivity contribution >= 4 is 27.6 Å². The Balaban J connectivity index is 2.03. The standard InChI is InChI=1S/C18H24FN3O5S/c1-12(8-17(20)24)9-18(25)21-15-6-3-7-22(11-16(15)23)28(26,27)14-5-2-4-13(19)10-14/h2,4-5,10,12,15H,3,6-9,11H2,1H3,(H2,20,24)(H,21,25)/t12-,15?/m0/s1. The van der Waals surface area contributed by atoms with E-state index in [0.29, 0.717) is 12.8 Å². The Labute approximate surface area is 163 Å². The number of hydrogen-bond donors (Lipinski definition) is 2. The summed E-state index contributed by atoms with van der Waals surface area (Å²) in [5.74, 6) is -2.29. The van der Waals surface area contributed by atoms with Gasteiger partial charge in [-0.15, -0.1) is 0 Å². The molecular weight excluding hydrogens is 389 g/mol. The Morgan fingerprint density at radius 2 is 2.07 bits per heavy atom. The zero-order chi connectivity index (χ0) is 20.9. The number of nitrogens with zero attached hydrogens (tertiary/aromatic N) is 1. The average molecular weight is 413 g/mol. The fraction of sp³-hybridized carbons (Fsp3) is 0.500. The van der Waals surface area contributed by atoms with E-state index in [1.807, 2.05) is 0 Å². The Bertz CT molecular complexity index is 859. The van der Waals surface area contributed by atoms with Crippen LogP contribution in [0.5, 0.6) is 0 Å². The van der Waals surface area contributed by atoms with Crippen LogP contribution >= 0.6 is 0 Å². The molecule has 2 rings (SSSR count). The van der Waals surface area contributed by atoms with Gasteiger partial charge in [-0.05, 0) is 37.0 Å². The second kappa shape index (κ2) is 9.24. The number of amides is 2. The summed E-state index contributed by atoms with van der Waals surface area (Å²) in [5.41, 5.74) is 5.10. The SMILES string of the molecule is C[C@@H](CC(N)=O)CC(=O)NC1CCCN(S(=O)(=O)c2cccc(F)c2)CC1=O. The highest BCUT2D eigenvalue weighted by Crippen LogP contribution is 2.20. The van der Waals surface area contributed by atoms with Crippen LogP contribution in [-0.4, -0.2) is 49.5 Å². The van der Waals surface area contributed by atoms with Crippen LogP contribution < -0.4 is 11.1 Å². The molecule has 1 aliphatic heterocycles. The number of benzene rings is 1. The predicted octanol–water partition coefficient (Wildman–Crippen LogP) is 0.566. The van der Waals surface area contributed by atoms with Gasteiger partial charge in [-0.25, -0.2) is 12.8 Å². The smallest absolute Gasteiger partial charge is 0.243 e. The molecule has 2 amide bonds. The van der Waals surface area contributed by atoms with E-state index in [9.17, 15) is 27.2 Å². The molecule has 1 unspecified atom stereocenters. The molecule has 10 heteroatoms. The van der Waals surface area contributed by atoms with Gasteiger partial charge >= 0.3 is 0 Å². The molecule has 0 spiro atoms. The molecule has 1 aromatic rings. The van der Waals surface area contributed by atoms with E-state index >= 15 is 0 Å². The first-order chi connectivity index (χ1) is 13.1. The van der Waals surface area contributed by atoms with Crippen molar-refractivity contribution in [3.63, 3.8) is 0 Å². The maximum Gasteiger partial charge on any atom is 0.243 e. The normalized spacial score (nSPS) is 19.6. The van der Waals surface area contributed by atoms with Crippen LogP contribution in [0.2, 0.25) is 0 Å². The summed E-state index contributed by atoms with van der Waals surface area (Å²) in [6.07, 6.45) is 0.760. The molecular formula is C18H24FN3O5S. The molecule has 0 aliphatic carbocycles. The fourth-order valence-electron chi connectivity index (χ4n) is 3.12. The summed E-state index contributed by atoms with van der Waals surface area (Å²) in [4.78, 5) is 35.3. The third kappa shape index (κ3) is 5.83. The van der Waals surface area contributed by atoms with E-state index in [0.717, 1.165) is 16.4 Å². The fourth-order valence-corrected chi connectivity index (χ4v) is 4.59. The van der Waals surface area contributed by atoms with Crippen LogP contribution in [0.4, 0.5) is 4.39 Å². The largest absolute Gasteiger partial charge is 0.370 e. The lowest BCUT2D eigenvalue weighted by molar-refractivity contribution is -0.128. The second-order valence-electron chi connectivity index (χ2n) is 7.00. The third-order valence-electron chi connectivity index (χ3n) is 4.47. The minimum Gasteiger partial charge on any atom is -0.370 e. The quantitative estimate of drug-likeness (QED) is 0.676. The second-order valence-corrected chi connectivity index (χ2v) is 8.94.